The highest BCUT2D eigenvalue weighted by atomic mass is 16.5. The summed E-state index contributed by atoms with van der Waals surface area (Å²) in [6, 6.07) is 9.65. The molecular formula is C12H17NO3. The average molecular weight is 223 g/mol. The number of hydrogen-bond acceptors (Lipinski definition) is 3. The van der Waals surface area contributed by atoms with Crippen molar-refractivity contribution in [3.05, 3.63) is 35.9 Å². The summed E-state index contributed by atoms with van der Waals surface area (Å²) in [5.41, 5.74) is 1.03. The van der Waals surface area contributed by atoms with Crippen molar-refractivity contribution in [2.24, 2.45) is 0 Å². The van der Waals surface area contributed by atoms with Gasteiger partial charge in [0.25, 0.3) is 0 Å². The number of amides is 1. The van der Waals surface area contributed by atoms with Crippen LogP contribution < -0.4 is 5.32 Å². The Morgan fingerprint density at radius 1 is 1.44 bits per heavy atom. The van der Waals surface area contributed by atoms with E-state index >= 15 is 0 Å². The first-order chi connectivity index (χ1) is 7.68. The predicted molar refractivity (Wildman–Crippen MR) is 60.8 cm³/mol. The number of aliphatic hydroxyl groups excluding tert-OH is 1. The summed E-state index contributed by atoms with van der Waals surface area (Å²) in [6.45, 7) is 2.31. The van der Waals surface area contributed by atoms with Gasteiger partial charge in [-0.05, 0) is 12.5 Å². The molecule has 88 valence electrons. The molecule has 2 N–H and O–H groups in total. The summed E-state index contributed by atoms with van der Waals surface area (Å²) < 4.78 is 5.22. The Morgan fingerprint density at radius 2 is 2.12 bits per heavy atom. The van der Waals surface area contributed by atoms with Crippen molar-refractivity contribution in [3.8, 4) is 0 Å². The predicted octanol–water partition coefficient (Wildman–Crippen LogP) is 0.700. The maximum atomic E-state index is 11.2. The topological polar surface area (TPSA) is 58.6 Å². The lowest BCUT2D eigenvalue weighted by molar-refractivity contribution is -0.126. The average Bonchev–Trinajstić information content (AvgIpc) is 2.28. The van der Waals surface area contributed by atoms with Crippen molar-refractivity contribution in [1.29, 1.82) is 0 Å². The third kappa shape index (κ3) is 5.48. The van der Waals surface area contributed by atoms with Crippen molar-refractivity contribution in [1.82, 2.24) is 5.32 Å². The number of aliphatic hydroxyl groups is 1. The van der Waals surface area contributed by atoms with Crippen molar-refractivity contribution in [2.45, 2.75) is 19.6 Å². The highest BCUT2D eigenvalue weighted by Crippen LogP contribution is 1.99. The van der Waals surface area contributed by atoms with Crippen LogP contribution in [0.4, 0.5) is 0 Å². The molecule has 4 heteroatoms. The van der Waals surface area contributed by atoms with E-state index in [4.69, 9.17) is 9.84 Å². The quantitative estimate of drug-likeness (QED) is 0.746. The lowest BCUT2D eigenvalue weighted by Gasteiger charge is -2.07. The third-order valence-electron chi connectivity index (χ3n) is 1.94. The minimum absolute atomic E-state index is 0.0155. The molecule has 0 aromatic heterocycles. The van der Waals surface area contributed by atoms with Gasteiger partial charge in [0.05, 0.1) is 12.7 Å². The molecule has 0 aliphatic heterocycles. The van der Waals surface area contributed by atoms with Crippen molar-refractivity contribution in [2.75, 3.05) is 13.2 Å². The summed E-state index contributed by atoms with van der Waals surface area (Å²) in [6.07, 6.45) is -0.530. The lowest BCUT2D eigenvalue weighted by Crippen LogP contribution is -2.33. The second kappa shape index (κ2) is 6.98. The Bertz CT molecular complexity index is 311. The fourth-order valence-corrected chi connectivity index (χ4v) is 1.15. The van der Waals surface area contributed by atoms with Crippen molar-refractivity contribution in [3.63, 3.8) is 0 Å². The van der Waals surface area contributed by atoms with Crippen molar-refractivity contribution < 1.29 is 14.6 Å². The molecule has 0 aliphatic carbocycles. The molecule has 1 unspecified atom stereocenters. The van der Waals surface area contributed by atoms with Gasteiger partial charge in [-0.1, -0.05) is 30.3 Å². The van der Waals surface area contributed by atoms with E-state index < -0.39 is 6.10 Å². The zero-order valence-corrected chi connectivity index (χ0v) is 9.35. The van der Waals surface area contributed by atoms with Crippen LogP contribution in [0.1, 0.15) is 12.5 Å². The monoisotopic (exact) mass is 223 g/mol. The van der Waals surface area contributed by atoms with E-state index in [0.717, 1.165) is 5.56 Å². The molecule has 1 amide bonds. The van der Waals surface area contributed by atoms with Gasteiger partial charge in [-0.3, -0.25) is 4.79 Å². The summed E-state index contributed by atoms with van der Waals surface area (Å²) in [5, 5.41) is 11.5. The summed E-state index contributed by atoms with van der Waals surface area (Å²) in [5.74, 6) is -0.211. The molecule has 1 aromatic rings. The molecule has 0 heterocycles. The number of benzene rings is 1. The standard InChI is InChI=1S/C12H17NO3/c1-10(14)7-13-12(15)9-16-8-11-5-3-2-4-6-11/h2-6,10,14H,7-9H2,1H3,(H,13,15). The molecule has 0 spiro atoms. The van der Waals surface area contributed by atoms with Crippen LogP contribution in [-0.4, -0.2) is 30.3 Å². The maximum absolute atomic E-state index is 11.2. The van der Waals surface area contributed by atoms with Gasteiger partial charge in [0.15, 0.2) is 0 Å². The lowest BCUT2D eigenvalue weighted by atomic mass is 10.2. The molecule has 0 radical (unpaired) electrons. The zero-order valence-electron chi connectivity index (χ0n) is 9.35. The summed E-state index contributed by atoms with van der Waals surface area (Å²) in [4.78, 5) is 11.2. The van der Waals surface area contributed by atoms with Crippen LogP contribution in [0.25, 0.3) is 0 Å². The van der Waals surface area contributed by atoms with Crippen LogP contribution in [0.15, 0.2) is 30.3 Å². The third-order valence-corrected chi connectivity index (χ3v) is 1.94. The Labute approximate surface area is 95.2 Å². The first-order valence-corrected chi connectivity index (χ1v) is 5.25. The molecule has 1 rings (SSSR count). The second-order valence-electron chi connectivity index (χ2n) is 3.63. The van der Waals surface area contributed by atoms with Gasteiger partial charge in [0, 0.05) is 6.54 Å². The largest absolute Gasteiger partial charge is 0.392 e. The fraction of sp³-hybridized carbons (Fsp3) is 0.417. The Morgan fingerprint density at radius 3 is 2.75 bits per heavy atom. The second-order valence-corrected chi connectivity index (χ2v) is 3.63. The molecule has 0 aliphatic rings. The normalized spacial score (nSPS) is 12.1. The van der Waals surface area contributed by atoms with E-state index in [1.165, 1.54) is 0 Å². The minimum Gasteiger partial charge on any atom is -0.392 e. The first kappa shape index (κ1) is 12.7. The number of rotatable bonds is 6. The van der Waals surface area contributed by atoms with E-state index in [-0.39, 0.29) is 19.1 Å². The molecule has 0 bridgehead atoms. The number of ether oxygens (including phenoxy) is 1. The number of carbonyl (C=O) groups excluding carboxylic acids is 1. The first-order valence-electron chi connectivity index (χ1n) is 5.25. The Kier molecular flexibility index (Phi) is 5.53. The van der Waals surface area contributed by atoms with E-state index in [9.17, 15) is 4.79 Å². The van der Waals surface area contributed by atoms with E-state index in [0.29, 0.717) is 6.61 Å². The van der Waals surface area contributed by atoms with Crippen LogP contribution in [0, 0.1) is 0 Å². The van der Waals surface area contributed by atoms with Gasteiger partial charge in [-0.15, -0.1) is 0 Å². The smallest absolute Gasteiger partial charge is 0.246 e. The van der Waals surface area contributed by atoms with Gasteiger partial charge in [0.2, 0.25) is 5.91 Å². The van der Waals surface area contributed by atoms with Crippen LogP contribution in [0.3, 0.4) is 0 Å². The molecular weight excluding hydrogens is 206 g/mol. The van der Waals surface area contributed by atoms with E-state index in [2.05, 4.69) is 5.32 Å². The van der Waals surface area contributed by atoms with E-state index in [1.807, 2.05) is 30.3 Å². The summed E-state index contributed by atoms with van der Waals surface area (Å²) >= 11 is 0. The highest BCUT2D eigenvalue weighted by Gasteiger charge is 2.02. The van der Waals surface area contributed by atoms with Gasteiger partial charge in [-0.25, -0.2) is 0 Å². The van der Waals surface area contributed by atoms with Gasteiger partial charge >= 0.3 is 0 Å². The molecule has 0 saturated carbocycles. The molecule has 0 saturated heterocycles. The Balaban J connectivity index is 2.13. The maximum Gasteiger partial charge on any atom is 0.246 e. The van der Waals surface area contributed by atoms with Crippen molar-refractivity contribution >= 4 is 5.91 Å². The van der Waals surface area contributed by atoms with Crippen LogP contribution in [0.5, 0.6) is 0 Å². The molecule has 16 heavy (non-hydrogen) atoms. The van der Waals surface area contributed by atoms with Crippen LogP contribution >= 0.6 is 0 Å². The Hall–Kier alpha value is -1.39. The molecule has 1 aromatic carbocycles. The van der Waals surface area contributed by atoms with Crippen LogP contribution in [0.2, 0.25) is 0 Å². The molecule has 4 nitrogen and oxygen atoms in total. The zero-order chi connectivity index (χ0) is 11.8. The van der Waals surface area contributed by atoms with E-state index in [1.54, 1.807) is 6.92 Å². The van der Waals surface area contributed by atoms with Gasteiger partial charge < -0.3 is 15.2 Å². The number of hydrogen-bond donors (Lipinski definition) is 2. The SMILES string of the molecule is CC(O)CNC(=O)COCc1ccccc1. The number of nitrogens with one attached hydrogen (secondary N) is 1. The fourth-order valence-electron chi connectivity index (χ4n) is 1.15. The number of carbonyl (C=O) groups is 1. The minimum atomic E-state index is -0.530. The van der Waals surface area contributed by atoms with Gasteiger partial charge in [0.1, 0.15) is 6.61 Å². The van der Waals surface area contributed by atoms with Gasteiger partial charge in [-0.2, -0.15) is 0 Å². The molecule has 1 atom stereocenters. The summed E-state index contributed by atoms with van der Waals surface area (Å²) in [7, 11) is 0. The highest BCUT2D eigenvalue weighted by molar-refractivity contribution is 5.77. The molecule has 0 fully saturated rings. The van der Waals surface area contributed by atoms with Crippen LogP contribution in [-0.2, 0) is 16.1 Å².